The van der Waals surface area contributed by atoms with Gasteiger partial charge in [-0.15, -0.1) is 0 Å². The summed E-state index contributed by atoms with van der Waals surface area (Å²) in [5.74, 6) is 0.726. The molecule has 0 amide bonds. The number of hydrogen-bond acceptors (Lipinski definition) is 3. The lowest BCUT2D eigenvalue weighted by Crippen LogP contribution is -2.12. The molecule has 0 unspecified atom stereocenters. The fraction of sp³-hybridized carbons (Fsp3) is 0.235. The number of pyridine rings is 1. The Morgan fingerprint density at radius 3 is 2.48 bits per heavy atom. The van der Waals surface area contributed by atoms with Gasteiger partial charge in [-0.05, 0) is 44.0 Å². The van der Waals surface area contributed by atoms with Crippen molar-refractivity contribution < 1.29 is 0 Å². The van der Waals surface area contributed by atoms with Crippen LogP contribution in [0.5, 0.6) is 0 Å². The van der Waals surface area contributed by atoms with E-state index in [2.05, 4.69) is 40.9 Å². The van der Waals surface area contributed by atoms with Gasteiger partial charge in [0.25, 0.3) is 0 Å². The fourth-order valence-electron chi connectivity index (χ4n) is 1.89. The van der Waals surface area contributed by atoms with E-state index in [-0.39, 0.29) is 0 Å². The second-order valence-corrected chi connectivity index (χ2v) is 5.09. The van der Waals surface area contributed by atoms with Crippen LogP contribution in [0.2, 0.25) is 0 Å². The predicted octanol–water partition coefficient (Wildman–Crippen LogP) is 3.96. The molecule has 1 aromatic carbocycles. The molecule has 0 aliphatic rings. The SMILES string of the molecule is Cc1ccc(N=CN(C)C=Nc2ncccc2C)c(C)c1. The van der Waals surface area contributed by atoms with Crippen molar-refractivity contribution in [3.8, 4) is 0 Å². The van der Waals surface area contributed by atoms with Crippen molar-refractivity contribution >= 4 is 24.2 Å². The van der Waals surface area contributed by atoms with Gasteiger partial charge in [-0.25, -0.2) is 15.0 Å². The monoisotopic (exact) mass is 280 g/mol. The minimum atomic E-state index is 0.726. The van der Waals surface area contributed by atoms with Crippen molar-refractivity contribution in [2.45, 2.75) is 20.8 Å². The molecular weight excluding hydrogens is 260 g/mol. The van der Waals surface area contributed by atoms with E-state index in [4.69, 9.17) is 0 Å². The predicted molar refractivity (Wildman–Crippen MR) is 89.0 cm³/mol. The molecule has 2 aromatic rings. The summed E-state index contributed by atoms with van der Waals surface area (Å²) in [6.45, 7) is 6.13. The first kappa shape index (κ1) is 14.9. The Bertz CT molecular complexity index is 674. The van der Waals surface area contributed by atoms with E-state index in [1.165, 1.54) is 5.56 Å². The maximum Gasteiger partial charge on any atom is 0.156 e. The molecule has 0 spiro atoms. The molecule has 108 valence electrons. The highest BCUT2D eigenvalue weighted by Crippen LogP contribution is 2.18. The van der Waals surface area contributed by atoms with E-state index in [1.54, 1.807) is 18.9 Å². The second kappa shape index (κ2) is 6.79. The lowest BCUT2D eigenvalue weighted by atomic mass is 10.1. The molecule has 0 saturated carbocycles. The third kappa shape index (κ3) is 4.24. The molecule has 2 rings (SSSR count). The van der Waals surface area contributed by atoms with Crippen molar-refractivity contribution in [2.75, 3.05) is 7.05 Å². The topological polar surface area (TPSA) is 40.9 Å². The maximum absolute atomic E-state index is 4.47. The molecule has 0 aliphatic carbocycles. The third-order valence-electron chi connectivity index (χ3n) is 3.08. The highest BCUT2D eigenvalue weighted by molar-refractivity contribution is 5.78. The molecule has 1 heterocycles. The summed E-state index contributed by atoms with van der Waals surface area (Å²) in [4.78, 5) is 14.9. The van der Waals surface area contributed by atoms with Gasteiger partial charge < -0.3 is 4.90 Å². The average Bonchev–Trinajstić information content (AvgIpc) is 2.45. The van der Waals surface area contributed by atoms with E-state index >= 15 is 0 Å². The molecular formula is C17H20N4. The normalized spacial score (nSPS) is 11.4. The van der Waals surface area contributed by atoms with Crippen LogP contribution in [0, 0.1) is 20.8 Å². The van der Waals surface area contributed by atoms with Gasteiger partial charge in [0.1, 0.15) is 0 Å². The number of aliphatic imine (C=N–C) groups is 2. The van der Waals surface area contributed by atoms with Crippen LogP contribution < -0.4 is 0 Å². The van der Waals surface area contributed by atoms with E-state index < -0.39 is 0 Å². The Kier molecular flexibility index (Phi) is 4.82. The number of nitrogens with zero attached hydrogens (tertiary/aromatic N) is 4. The van der Waals surface area contributed by atoms with Crippen molar-refractivity contribution in [2.24, 2.45) is 9.98 Å². The van der Waals surface area contributed by atoms with Gasteiger partial charge in [0.05, 0.1) is 18.4 Å². The molecule has 0 atom stereocenters. The zero-order valence-corrected chi connectivity index (χ0v) is 12.9. The van der Waals surface area contributed by atoms with Crippen LogP contribution in [0.25, 0.3) is 0 Å². The summed E-state index contributed by atoms with van der Waals surface area (Å²) >= 11 is 0. The Morgan fingerprint density at radius 2 is 1.76 bits per heavy atom. The lowest BCUT2D eigenvalue weighted by molar-refractivity contribution is 0.801. The van der Waals surface area contributed by atoms with Crippen molar-refractivity contribution in [3.63, 3.8) is 0 Å². The lowest BCUT2D eigenvalue weighted by Gasteiger charge is -2.06. The Labute approximate surface area is 125 Å². The number of hydrogen-bond donors (Lipinski definition) is 0. The van der Waals surface area contributed by atoms with Crippen LogP contribution in [-0.4, -0.2) is 29.6 Å². The van der Waals surface area contributed by atoms with Gasteiger partial charge in [0, 0.05) is 13.2 Å². The second-order valence-electron chi connectivity index (χ2n) is 5.09. The van der Waals surface area contributed by atoms with Crippen LogP contribution in [0.3, 0.4) is 0 Å². The summed E-state index contributed by atoms with van der Waals surface area (Å²) in [6, 6.07) is 10.1. The highest BCUT2D eigenvalue weighted by atomic mass is 15.2. The molecule has 0 fully saturated rings. The fourth-order valence-corrected chi connectivity index (χ4v) is 1.89. The summed E-state index contributed by atoms with van der Waals surface area (Å²) in [7, 11) is 1.90. The zero-order valence-electron chi connectivity index (χ0n) is 12.9. The maximum atomic E-state index is 4.47. The summed E-state index contributed by atoms with van der Waals surface area (Å²) in [6.07, 6.45) is 5.20. The van der Waals surface area contributed by atoms with E-state index in [1.807, 2.05) is 37.1 Å². The molecule has 0 saturated heterocycles. The standard InChI is InChI=1S/C17H20N4/c1-13-7-8-16(15(3)10-13)19-11-21(4)12-20-17-14(2)6-5-9-18-17/h5-12H,1-4H3. The number of aromatic nitrogens is 1. The molecule has 1 aromatic heterocycles. The van der Waals surface area contributed by atoms with Crippen LogP contribution in [0.1, 0.15) is 16.7 Å². The van der Waals surface area contributed by atoms with Crippen molar-refractivity contribution in [1.29, 1.82) is 0 Å². The van der Waals surface area contributed by atoms with Gasteiger partial charge in [0.2, 0.25) is 0 Å². The van der Waals surface area contributed by atoms with E-state index in [0.717, 1.165) is 22.6 Å². The van der Waals surface area contributed by atoms with Crippen LogP contribution in [-0.2, 0) is 0 Å². The Hall–Kier alpha value is -2.49. The number of benzene rings is 1. The summed E-state index contributed by atoms with van der Waals surface area (Å²) < 4.78 is 0. The third-order valence-corrected chi connectivity index (χ3v) is 3.08. The smallest absolute Gasteiger partial charge is 0.156 e. The molecule has 4 nitrogen and oxygen atoms in total. The van der Waals surface area contributed by atoms with Gasteiger partial charge >= 0.3 is 0 Å². The zero-order chi connectivity index (χ0) is 15.2. The molecule has 0 bridgehead atoms. The van der Waals surface area contributed by atoms with Crippen molar-refractivity contribution in [1.82, 2.24) is 9.88 Å². The minimum Gasteiger partial charge on any atom is -0.326 e. The molecule has 0 N–H and O–H groups in total. The average molecular weight is 280 g/mol. The first-order valence-corrected chi connectivity index (χ1v) is 6.85. The van der Waals surface area contributed by atoms with E-state index in [9.17, 15) is 0 Å². The van der Waals surface area contributed by atoms with Gasteiger partial charge in [-0.3, -0.25) is 0 Å². The number of rotatable bonds is 4. The molecule has 0 aliphatic heterocycles. The van der Waals surface area contributed by atoms with Gasteiger partial charge in [-0.1, -0.05) is 23.8 Å². The molecule has 21 heavy (non-hydrogen) atoms. The Morgan fingerprint density at radius 1 is 1.00 bits per heavy atom. The largest absolute Gasteiger partial charge is 0.326 e. The first-order chi connectivity index (χ1) is 10.1. The quantitative estimate of drug-likeness (QED) is 0.628. The summed E-state index contributed by atoms with van der Waals surface area (Å²) in [5, 5.41) is 0. The van der Waals surface area contributed by atoms with Gasteiger partial charge in [-0.2, -0.15) is 0 Å². The Balaban J connectivity index is 2.06. The highest BCUT2D eigenvalue weighted by Gasteiger charge is 1.97. The van der Waals surface area contributed by atoms with Gasteiger partial charge in [0.15, 0.2) is 5.82 Å². The molecule has 4 heteroatoms. The summed E-state index contributed by atoms with van der Waals surface area (Å²) in [5.41, 5.74) is 4.42. The van der Waals surface area contributed by atoms with Crippen LogP contribution in [0.4, 0.5) is 11.5 Å². The van der Waals surface area contributed by atoms with E-state index in [0.29, 0.717) is 0 Å². The van der Waals surface area contributed by atoms with Crippen molar-refractivity contribution in [3.05, 3.63) is 53.2 Å². The molecule has 0 radical (unpaired) electrons. The van der Waals surface area contributed by atoms with Crippen LogP contribution >= 0.6 is 0 Å². The van der Waals surface area contributed by atoms with Crippen LogP contribution in [0.15, 0.2) is 46.5 Å². The minimum absolute atomic E-state index is 0.726. The first-order valence-electron chi connectivity index (χ1n) is 6.85. The number of aryl methyl sites for hydroxylation is 3.